The predicted molar refractivity (Wildman–Crippen MR) is 150 cm³/mol. The Balaban J connectivity index is 1.77. The first kappa shape index (κ1) is 22.1. The van der Waals surface area contributed by atoms with Crippen molar-refractivity contribution in [3.8, 4) is 22.3 Å². The molecule has 2 aliphatic rings. The number of halogens is 1. The SMILES string of the molecule is Cc1c(C)c(C)c(-c2cc3c(c4ccccc24)-c2ccc(Br)cc2C32CCCCC2)c(C)c1C. The van der Waals surface area contributed by atoms with E-state index in [0.29, 0.717) is 0 Å². The first-order valence-electron chi connectivity index (χ1n) is 12.8. The second-order valence-electron chi connectivity index (χ2n) is 10.7. The summed E-state index contributed by atoms with van der Waals surface area (Å²) in [6, 6.07) is 18.8. The number of hydrogen-bond acceptors (Lipinski definition) is 0. The number of hydrogen-bond donors (Lipinski definition) is 0. The third-order valence-corrected chi connectivity index (χ3v) is 9.80. The van der Waals surface area contributed by atoms with Crippen molar-refractivity contribution >= 4 is 26.7 Å². The Kier molecular flexibility index (Phi) is 5.08. The Hall–Kier alpha value is -2.38. The summed E-state index contributed by atoms with van der Waals surface area (Å²) >= 11 is 3.80. The zero-order valence-corrected chi connectivity index (χ0v) is 22.6. The Labute approximate surface area is 212 Å². The molecule has 0 saturated heterocycles. The lowest BCUT2D eigenvalue weighted by molar-refractivity contribution is 0.353. The summed E-state index contributed by atoms with van der Waals surface area (Å²) in [4.78, 5) is 0. The third kappa shape index (κ3) is 2.89. The third-order valence-electron chi connectivity index (χ3n) is 9.30. The van der Waals surface area contributed by atoms with Crippen LogP contribution in [0.1, 0.15) is 71.0 Å². The van der Waals surface area contributed by atoms with Crippen LogP contribution in [0.5, 0.6) is 0 Å². The van der Waals surface area contributed by atoms with E-state index in [0.717, 1.165) is 0 Å². The minimum Gasteiger partial charge on any atom is -0.0616 e. The highest BCUT2D eigenvalue weighted by molar-refractivity contribution is 9.10. The van der Waals surface area contributed by atoms with Crippen molar-refractivity contribution < 1.29 is 0 Å². The minimum absolute atomic E-state index is 0.141. The van der Waals surface area contributed by atoms with E-state index >= 15 is 0 Å². The van der Waals surface area contributed by atoms with Gasteiger partial charge in [-0.15, -0.1) is 0 Å². The van der Waals surface area contributed by atoms with Gasteiger partial charge in [-0.25, -0.2) is 0 Å². The molecule has 0 nitrogen and oxygen atoms in total. The second kappa shape index (κ2) is 7.82. The van der Waals surface area contributed by atoms with Crippen molar-refractivity contribution in [3.05, 3.63) is 91.9 Å². The largest absolute Gasteiger partial charge is 0.0616 e. The van der Waals surface area contributed by atoms with E-state index in [1.165, 1.54) is 97.4 Å². The molecule has 0 heterocycles. The van der Waals surface area contributed by atoms with Crippen LogP contribution < -0.4 is 0 Å². The molecule has 0 aliphatic heterocycles. The van der Waals surface area contributed by atoms with Crippen LogP contribution in [0.25, 0.3) is 33.0 Å². The molecule has 4 aromatic rings. The fourth-order valence-electron chi connectivity index (χ4n) is 7.12. The average molecular weight is 510 g/mol. The zero-order chi connectivity index (χ0) is 23.8. The van der Waals surface area contributed by atoms with E-state index in [2.05, 4.69) is 99.1 Å². The van der Waals surface area contributed by atoms with Gasteiger partial charge in [-0.3, -0.25) is 0 Å². The first-order chi connectivity index (χ1) is 16.3. The Morgan fingerprint density at radius 2 is 1.21 bits per heavy atom. The molecule has 1 heteroatoms. The van der Waals surface area contributed by atoms with E-state index < -0.39 is 0 Å². The molecule has 1 fully saturated rings. The van der Waals surface area contributed by atoms with Crippen LogP contribution in [-0.2, 0) is 5.41 Å². The highest BCUT2D eigenvalue weighted by Crippen LogP contribution is 2.59. The maximum Gasteiger partial charge on any atom is 0.0216 e. The predicted octanol–water partition coefficient (Wildman–Crippen LogP) is 10.0. The van der Waals surface area contributed by atoms with Gasteiger partial charge in [-0.05, 0) is 138 Å². The maximum atomic E-state index is 3.80. The zero-order valence-electron chi connectivity index (χ0n) is 21.0. The molecule has 0 bridgehead atoms. The summed E-state index contributed by atoms with van der Waals surface area (Å²) in [5, 5.41) is 2.80. The van der Waals surface area contributed by atoms with E-state index in [1.54, 1.807) is 11.1 Å². The van der Waals surface area contributed by atoms with E-state index in [-0.39, 0.29) is 5.41 Å². The lowest BCUT2D eigenvalue weighted by Crippen LogP contribution is -2.28. The monoisotopic (exact) mass is 508 g/mol. The second-order valence-corrected chi connectivity index (χ2v) is 11.6. The number of rotatable bonds is 1. The summed E-state index contributed by atoms with van der Waals surface area (Å²) in [6.07, 6.45) is 6.49. The first-order valence-corrected chi connectivity index (χ1v) is 13.6. The van der Waals surface area contributed by atoms with E-state index in [9.17, 15) is 0 Å². The summed E-state index contributed by atoms with van der Waals surface area (Å²) in [5.41, 5.74) is 16.2. The van der Waals surface area contributed by atoms with Crippen molar-refractivity contribution in [1.29, 1.82) is 0 Å². The van der Waals surface area contributed by atoms with Crippen molar-refractivity contribution in [1.82, 2.24) is 0 Å². The Bertz CT molecular complexity index is 1450. The summed E-state index contributed by atoms with van der Waals surface area (Å²) in [7, 11) is 0. The molecule has 1 saturated carbocycles. The lowest BCUT2D eigenvalue weighted by atomic mass is 9.67. The molecular weight excluding hydrogens is 476 g/mol. The van der Waals surface area contributed by atoms with Gasteiger partial charge < -0.3 is 0 Å². The molecule has 0 N–H and O–H groups in total. The molecule has 0 amide bonds. The van der Waals surface area contributed by atoms with Gasteiger partial charge in [0.1, 0.15) is 0 Å². The minimum atomic E-state index is 0.141. The van der Waals surface area contributed by atoms with Crippen LogP contribution in [0.2, 0.25) is 0 Å². The summed E-state index contributed by atoms with van der Waals surface area (Å²) in [5.74, 6) is 0. The van der Waals surface area contributed by atoms with Gasteiger partial charge in [-0.2, -0.15) is 0 Å². The standard InChI is InChI=1S/C33H33Br/c1-19-20(2)22(4)31(23(5)21(19)3)28-18-30-32(26-12-8-7-11-25(26)28)27-14-13-24(34)17-29(27)33(30)15-9-6-10-16-33/h7-8,11-14,17-18H,6,9-10,15-16H2,1-5H3. The van der Waals surface area contributed by atoms with Gasteiger partial charge in [-0.1, -0.05) is 65.5 Å². The van der Waals surface area contributed by atoms with Crippen molar-refractivity contribution in [2.75, 3.05) is 0 Å². The number of benzene rings is 4. The van der Waals surface area contributed by atoms with Gasteiger partial charge in [0.05, 0.1) is 0 Å². The highest BCUT2D eigenvalue weighted by atomic mass is 79.9. The van der Waals surface area contributed by atoms with Gasteiger partial charge in [0.25, 0.3) is 0 Å². The molecule has 172 valence electrons. The van der Waals surface area contributed by atoms with Crippen molar-refractivity contribution in [2.45, 2.75) is 72.1 Å². The summed E-state index contributed by atoms with van der Waals surface area (Å²) < 4.78 is 1.20. The normalized spacial score (nSPS) is 16.2. The summed E-state index contributed by atoms with van der Waals surface area (Å²) in [6.45, 7) is 11.5. The highest BCUT2D eigenvalue weighted by Gasteiger charge is 2.45. The van der Waals surface area contributed by atoms with Crippen LogP contribution in [0.3, 0.4) is 0 Å². The topological polar surface area (TPSA) is 0 Å². The van der Waals surface area contributed by atoms with Gasteiger partial charge in [0.15, 0.2) is 0 Å². The molecule has 6 rings (SSSR count). The Morgan fingerprint density at radius 1 is 0.588 bits per heavy atom. The molecule has 0 radical (unpaired) electrons. The number of fused-ring (bicyclic) bond motifs is 7. The molecule has 0 unspecified atom stereocenters. The molecule has 2 aliphatic carbocycles. The smallest absolute Gasteiger partial charge is 0.0216 e. The molecule has 34 heavy (non-hydrogen) atoms. The van der Waals surface area contributed by atoms with E-state index in [4.69, 9.17) is 0 Å². The van der Waals surface area contributed by atoms with Crippen molar-refractivity contribution in [3.63, 3.8) is 0 Å². The van der Waals surface area contributed by atoms with Crippen LogP contribution in [0.15, 0.2) is 53.0 Å². The van der Waals surface area contributed by atoms with Crippen molar-refractivity contribution in [2.24, 2.45) is 0 Å². The fraction of sp³-hybridized carbons (Fsp3) is 0.333. The Morgan fingerprint density at radius 3 is 1.88 bits per heavy atom. The molecule has 0 aromatic heterocycles. The van der Waals surface area contributed by atoms with Crippen LogP contribution in [-0.4, -0.2) is 0 Å². The fourth-order valence-corrected chi connectivity index (χ4v) is 7.48. The van der Waals surface area contributed by atoms with E-state index in [1.807, 2.05) is 0 Å². The van der Waals surface area contributed by atoms with Gasteiger partial charge in [0.2, 0.25) is 0 Å². The molecule has 1 spiro atoms. The maximum absolute atomic E-state index is 3.80. The van der Waals surface area contributed by atoms with Gasteiger partial charge in [0, 0.05) is 9.89 Å². The lowest BCUT2D eigenvalue weighted by Gasteiger charge is -2.36. The quantitative estimate of drug-likeness (QED) is 0.239. The average Bonchev–Trinajstić information content (AvgIpc) is 3.11. The van der Waals surface area contributed by atoms with Crippen LogP contribution in [0.4, 0.5) is 0 Å². The molecule has 0 atom stereocenters. The van der Waals surface area contributed by atoms with Crippen LogP contribution >= 0.6 is 15.9 Å². The molecule has 4 aromatic carbocycles. The van der Waals surface area contributed by atoms with Gasteiger partial charge >= 0.3 is 0 Å². The van der Waals surface area contributed by atoms with Crippen LogP contribution in [0, 0.1) is 34.6 Å². The molecular formula is C33H33Br.